The monoisotopic (exact) mass is 411 g/mol. The number of Topliss-reactive ketones (excluding diaryl/α,β-unsaturated/α-hetero) is 1. The zero-order chi connectivity index (χ0) is 22.1. The molecule has 1 unspecified atom stereocenters. The first-order valence-corrected chi connectivity index (χ1v) is 10.7. The van der Waals surface area contributed by atoms with Crippen molar-refractivity contribution >= 4 is 17.5 Å². The largest absolute Gasteiger partial charge is 0.463 e. The molecule has 0 saturated heterocycles. The molecule has 1 aromatic carbocycles. The van der Waals surface area contributed by atoms with Crippen molar-refractivity contribution in [2.45, 2.75) is 59.3 Å². The molecule has 0 aromatic heterocycles. The second kappa shape index (κ2) is 8.84. The van der Waals surface area contributed by atoms with Crippen LogP contribution in [0, 0.1) is 11.3 Å². The molecule has 2 atom stereocenters. The van der Waals surface area contributed by atoms with Gasteiger partial charge in [0.15, 0.2) is 5.78 Å². The molecule has 0 radical (unpaired) electrons. The van der Waals surface area contributed by atoms with Gasteiger partial charge in [-0.25, -0.2) is 0 Å². The molecule has 3 rings (SSSR count). The van der Waals surface area contributed by atoms with Crippen LogP contribution >= 0.6 is 0 Å². The molecule has 1 aromatic rings. The molecular formula is C25H33NO4. The maximum absolute atomic E-state index is 13.2. The fourth-order valence-corrected chi connectivity index (χ4v) is 4.51. The highest BCUT2D eigenvalue weighted by Gasteiger charge is 2.46. The molecule has 1 heterocycles. The molecular weight excluding hydrogens is 378 g/mol. The fraction of sp³-hybridized carbons (Fsp3) is 0.560. The minimum atomic E-state index is -0.601. The molecule has 2 aliphatic rings. The molecule has 30 heavy (non-hydrogen) atoms. The molecule has 0 bridgehead atoms. The Balaban J connectivity index is 2.06. The number of carbonyl (C=O) groups excluding carboxylic acids is 2. The Hall–Kier alpha value is -2.27. The number of ether oxygens (including phenoxy) is 2. The normalized spacial score (nSPS) is 23.3. The summed E-state index contributed by atoms with van der Waals surface area (Å²) in [5.41, 5.74) is 4.28. The van der Waals surface area contributed by atoms with E-state index in [-0.39, 0.29) is 29.7 Å². The molecule has 162 valence electrons. The van der Waals surface area contributed by atoms with Gasteiger partial charge in [-0.1, -0.05) is 52.0 Å². The Morgan fingerprint density at radius 2 is 1.83 bits per heavy atom. The molecule has 5 nitrogen and oxygen atoms in total. The minimum Gasteiger partial charge on any atom is -0.463 e. The summed E-state index contributed by atoms with van der Waals surface area (Å²) in [5.74, 6) is -0.816. The first-order valence-electron chi connectivity index (χ1n) is 10.7. The molecule has 0 N–H and O–H groups in total. The third-order valence-electron chi connectivity index (χ3n) is 6.05. The molecule has 5 heteroatoms. The Labute approximate surface area is 179 Å². The zero-order valence-corrected chi connectivity index (χ0v) is 19.0. The number of hydrogen-bond donors (Lipinski definition) is 0. The van der Waals surface area contributed by atoms with Crippen LogP contribution in [0.4, 0.5) is 0 Å². The van der Waals surface area contributed by atoms with Crippen molar-refractivity contribution in [2.24, 2.45) is 16.3 Å². The van der Waals surface area contributed by atoms with E-state index in [0.29, 0.717) is 30.2 Å². The summed E-state index contributed by atoms with van der Waals surface area (Å²) in [6.07, 6.45) is 1.20. The van der Waals surface area contributed by atoms with Crippen molar-refractivity contribution in [2.75, 3.05) is 20.3 Å². The van der Waals surface area contributed by atoms with Gasteiger partial charge in [-0.05, 0) is 35.8 Å². The molecule has 0 saturated carbocycles. The standard InChI is InChI=1S/C25H33NO4/c1-15(2)17-7-9-18(10-8-17)22-21(24(28)30-12-11-29-6)16(3)26-19-13-25(4,5)14-20(27)23(19)22/h7-10,15,21-22H,11-14H2,1-6H3/t21?,22-/m0/s1. The van der Waals surface area contributed by atoms with Crippen LogP contribution in [0.1, 0.15) is 70.4 Å². The number of methoxy groups -OCH3 is 1. The van der Waals surface area contributed by atoms with E-state index in [1.54, 1.807) is 7.11 Å². The summed E-state index contributed by atoms with van der Waals surface area (Å²) in [6, 6.07) is 8.27. The Morgan fingerprint density at radius 1 is 1.17 bits per heavy atom. The van der Waals surface area contributed by atoms with Crippen LogP contribution in [0.15, 0.2) is 40.5 Å². The molecule has 0 spiro atoms. The number of benzene rings is 1. The predicted molar refractivity (Wildman–Crippen MR) is 118 cm³/mol. The van der Waals surface area contributed by atoms with Gasteiger partial charge in [0.25, 0.3) is 0 Å². The maximum Gasteiger partial charge on any atom is 0.315 e. The van der Waals surface area contributed by atoms with Gasteiger partial charge in [0, 0.05) is 36.4 Å². The van der Waals surface area contributed by atoms with Gasteiger partial charge in [-0.2, -0.15) is 0 Å². The van der Waals surface area contributed by atoms with Crippen molar-refractivity contribution in [1.82, 2.24) is 0 Å². The number of esters is 1. The van der Waals surface area contributed by atoms with Crippen LogP contribution in [-0.4, -0.2) is 37.8 Å². The zero-order valence-electron chi connectivity index (χ0n) is 19.0. The summed E-state index contributed by atoms with van der Waals surface area (Å²) in [7, 11) is 1.57. The first-order chi connectivity index (χ1) is 14.1. The number of carbonyl (C=O) groups is 2. The summed E-state index contributed by atoms with van der Waals surface area (Å²) >= 11 is 0. The molecule has 0 fully saturated rings. The Bertz CT molecular complexity index is 877. The summed E-state index contributed by atoms with van der Waals surface area (Å²) in [4.78, 5) is 31.0. The average molecular weight is 412 g/mol. The van der Waals surface area contributed by atoms with Crippen LogP contribution < -0.4 is 0 Å². The topological polar surface area (TPSA) is 65.0 Å². The number of ketones is 1. The van der Waals surface area contributed by atoms with Gasteiger partial charge >= 0.3 is 5.97 Å². The Morgan fingerprint density at radius 3 is 2.43 bits per heavy atom. The third kappa shape index (κ3) is 4.56. The predicted octanol–water partition coefficient (Wildman–Crippen LogP) is 4.82. The number of allylic oxidation sites excluding steroid dienone is 2. The number of rotatable bonds is 6. The molecule has 0 amide bonds. The second-order valence-corrected chi connectivity index (χ2v) is 9.49. The van der Waals surface area contributed by atoms with Crippen LogP contribution in [0.3, 0.4) is 0 Å². The summed E-state index contributed by atoms with van der Waals surface area (Å²) < 4.78 is 10.5. The van der Waals surface area contributed by atoms with Crippen molar-refractivity contribution in [3.8, 4) is 0 Å². The average Bonchev–Trinajstić information content (AvgIpc) is 2.66. The van der Waals surface area contributed by atoms with Gasteiger partial charge in [-0.3, -0.25) is 14.6 Å². The smallest absolute Gasteiger partial charge is 0.315 e. The lowest BCUT2D eigenvalue weighted by atomic mass is 9.67. The minimum absolute atomic E-state index is 0.0881. The fourth-order valence-electron chi connectivity index (χ4n) is 4.51. The highest BCUT2D eigenvalue weighted by molar-refractivity contribution is 6.09. The second-order valence-electron chi connectivity index (χ2n) is 9.49. The van der Waals surface area contributed by atoms with Crippen molar-refractivity contribution in [1.29, 1.82) is 0 Å². The first kappa shape index (κ1) is 22.4. The quantitative estimate of drug-likeness (QED) is 0.497. The van der Waals surface area contributed by atoms with E-state index >= 15 is 0 Å². The van der Waals surface area contributed by atoms with Crippen LogP contribution in [0.5, 0.6) is 0 Å². The van der Waals surface area contributed by atoms with E-state index < -0.39 is 5.92 Å². The van der Waals surface area contributed by atoms with Crippen LogP contribution in [0.2, 0.25) is 0 Å². The van der Waals surface area contributed by atoms with Gasteiger partial charge in [-0.15, -0.1) is 0 Å². The van der Waals surface area contributed by atoms with Crippen molar-refractivity contribution in [3.05, 3.63) is 46.7 Å². The van der Waals surface area contributed by atoms with Crippen LogP contribution in [0.25, 0.3) is 0 Å². The molecule has 1 aliphatic carbocycles. The number of hydrogen-bond acceptors (Lipinski definition) is 5. The van der Waals surface area contributed by atoms with E-state index in [1.807, 2.05) is 19.1 Å². The van der Waals surface area contributed by atoms with Crippen molar-refractivity contribution < 1.29 is 19.1 Å². The lowest BCUT2D eigenvalue weighted by molar-refractivity contribution is -0.147. The lowest BCUT2D eigenvalue weighted by Crippen LogP contribution is -2.39. The van der Waals surface area contributed by atoms with E-state index in [2.05, 4.69) is 39.8 Å². The number of aliphatic imine (C=N–C) groups is 1. The van der Waals surface area contributed by atoms with E-state index in [9.17, 15) is 9.59 Å². The summed E-state index contributed by atoms with van der Waals surface area (Å²) in [5, 5.41) is 0. The number of nitrogens with zero attached hydrogens (tertiary/aromatic N) is 1. The van der Waals surface area contributed by atoms with E-state index in [1.165, 1.54) is 5.56 Å². The summed E-state index contributed by atoms with van der Waals surface area (Å²) in [6.45, 7) is 10.9. The van der Waals surface area contributed by atoms with E-state index in [0.717, 1.165) is 17.7 Å². The highest BCUT2D eigenvalue weighted by atomic mass is 16.6. The van der Waals surface area contributed by atoms with Crippen LogP contribution in [-0.2, 0) is 19.1 Å². The third-order valence-corrected chi connectivity index (χ3v) is 6.05. The lowest BCUT2D eigenvalue weighted by Gasteiger charge is -2.39. The van der Waals surface area contributed by atoms with Gasteiger partial charge in [0.2, 0.25) is 0 Å². The highest BCUT2D eigenvalue weighted by Crippen LogP contribution is 2.48. The maximum atomic E-state index is 13.2. The van der Waals surface area contributed by atoms with Gasteiger partial charge in [0.05, 0.1) is 6.61 Å². The molecule has 1 aliphatic heterocycles. The Kier molecular flexibility index (Phi) is 6.61. The van der Waals surface area contributed by atoms with E-state index in [4.69, 9.17) is 14.5 Å². The van der Waals surface area contributed by atoms with Gasteiger partial charge in [0.1, 0.15) is 12.5 Å². The van der Waals surface area contributed by atoms with Crippen molar-refractivity contribution in [3.63, 3.8) is 0 Å². The SMILES string of the molecule is COCCOC(=O)C1C(C)=NC2=C(C(=O)CC(C)(C)C2)[C@H]1c1ccc(C(C)C)cc1. The van der Waals surface area contributed by atoms with Gasteiger partial charge < -0.3 is 9.47 Å².